The molecule has 2 aromatic rings. The van der Waals surface area contributed by atoms with Crippen LogP contribution in [0.1, 0.15) is 112 Å². The Morgan fingerprint density at radius 2 is 0.758 bits per heavy atom. The fourth-order valence-corrected chi connectivity index (χ4v) is 4.59. The number of aryl methyl sites for hydroxylation is 2. The van der Waals surface area contributed by atoms with Crippen molar-refractivity contribution in [3.63, 3.8) is 0 Å². The molecule has 3 N–H and O–H groups in total. The van der Waals surface area contributed by atoms with Crippen LogP contribution in [0.2, 0.25) is 0 Å². The number of hydrogen-bond acceptors (Lipinski definition) is 3. The highest BCUT2D eigenvalue weighted by atomic mass is 15.0. The summed E-state index contributed by atoms with van der Waals surface area (Å²) in [7, 11) is 0. The van der Waals surface area contributed by atoms with E-state index < -0.39 is 0 Å². The van der Waals surface area contributed by atoms with Crippen LogP contribution >= 0.6 is 0 Å². The minimum atomic E-state index is 0.516. The van der Waals surface area contributed by atoms with Crippen LogP contribution in [0, 0.1) is 13.8 Å². The second-order valence-corrected chi connectivity index (χ2v) is 10.9. The maximum Gasteiger partial charge on any atom is 0.0411 e. The molecule has 184 valence electrons. The minimum Gasteiger partial charge on any atom is -0.383 e. The first-order valence-electron chi connectivity index (χ1n) is 13.0. The summed E-state index contributed by atoms with van der Waals surface area (Å²) in [6.45, 7) is 26.5. The summed E-state index contributed by atoms with van der Waals surface area (Å²) in [4.78, 5) is 0. The van der Waals surface area contributed by atoms with Crippen LogP contribution in [0.5, 0.6) is 0 Å². The van der Waals surface area contributed by atoms with Gasteiger partial charge < -0.3 is 16.0 Å². The lowest BCUT2D eigenvalue weighted by atomic mass is 9.90. The zero-order valence-electron chi connectivity index (χ0n) is 22.9. The van der Waals surface area contributed by atoms with E-state index >= 15 is 0 Å². The van der Waals surface area contributed by atoms with Gasteiger partial charge >= 0.3 is 0 Å². The number of hydrogen-bond donors (Lipinski definition) is 3. The third-order valence-corrected chi connectivity index (χ3v) is 6.38. The first kappa shape index (κ1) is 27.2. The SMILES string of the molecule is Cc1cc(C(C)C)c(NCCNCCNc2c(C(C)C)cc(C)cc2C(C)C)c(C(C)C)c1. The summed E-state index contributed by atoms with van der Waals surface area (Å²) in [6, 6.07) is 9.37. The van der Waals surface area contributed by atoms with Crippen molar-refractivity contribution in [2.75, 3.05) is 36.8 Å². The Bertz CT molecular complexity index is 762. The van der Waals surface area contributed by atoms with Gasteiger partial charge in [0.25, 0.3) is 0 Å². The summed E-state index contributed by atoms with van der Waals surface area (Å²) in [5.74, 6) is 2.06. The number of nitrogens with one attached hydrogen (secondary N) is 3. The molecule has 0 heterocycles. The van der Waals surface area contributed by atoms with E-state index in [1.165, 1.54) is 44.8 Å². The Balaban J connectivity index is 1.94. The summed E-state index contributed by atoms with van der Waals surface area (Å²) in [5.41, 5.74) is 11.1. The molecule has 0 aliphatic carbocycles. The smallest absolute Gasteiger partial charge is 0.0411 e. The average Bonchev–Trinajstić information content (AvgIpc) is 2.73. The fourth-order valence-electron chi connectivity index (χ4n) is 4.59. The Morgan fingerprint density at radius 1 is 0.485 bits per heavy atom. The Morgan fingerprint density at radius 3 is 1.00 bits per heavy atom. The van der Waals surface area contributed by atoms with Crippen molar-refractivity contribution in [3.8, 4) is 0 Å². The summed E-state index contributed by atoms with van der Waals surface area (Å²) >= 11 is 0. The highest BCUT2D eigenvalue weighted by Crippen LogP contribution is 2.34. The third-order valence-electron chi connectivity index (χ3n) is 6.38. The van der Waals surface area contributed by atoms with E-state index in [9.17, 15) is 0 Å². The van der Waals surface area contributed by atoms with Crippen molar-refractivity contribution < 1.29 is 0 Å². The fraction of sp³-hybridized carbons (Fsp3) is 0.600. The zero-order chi connectivity index (χ0) is 24.7. The molecule has 0 amide bonds. The van der Waals surface area contributed by atoms with E-state index in [2.05, 4.69) is 109 Å². The van der Waals surface area contributed by atoms with Gasteiger partial charge in [0, 0.05) is 37.6 Å². The van der Waals surface area contributed by atoms with E-state index in [-0.39, 0.29) is 0 Å². The van der Waals surface area contributed by atoms with Crippen molar-refractivity contribution in [1.82, 2.24) is 5.32 Å². The largest absolute Gasteiger partial charge is 0.383 e. The molecule has 0 spiro atoms. The number of anilines is 2. The van der Waals surface area contributed by atoms with E-state index in [1.807, 2.05) is 0 Å². The van der Waals surface area contributed by atoms with Gasteiger partial charge in [-0.05, 0) is 59.8 Å². The first-order valence-corrected chi connectivity index (χ1v) is 13.0. The standard InChI is InChI=1S/C30H49N3/c1-19(2)25-15-23(9)16-26(20(3)4)29(25)32-13-11-31-12-14-33-30-27(21(5)6)17-24(10)18-28(30)22(7)8/h15-22,31-33H,11-14H2,1-10H3. The molecule has 0 unspecified atom stereocenters. The van der Waals surface area contributed by atoms with Gasteiger partial charge in [-0.15, -0.1) is 0 Å². The molecular weight excluding hydrogens is 402 g/mol. The summed E-state index contributed by atoms with van der Waals surface area (Å²) < 4.78 is 0. The molecule has 0 aromatic heterocycles. The molecule has 2 aromatic carbocycles. The maximum absolute atomic E-state index is 3.75. The molecule has 0 aliphatic rings. The van der Waals surface area contributed by atoms with Gasteiger partial charge in [0.05, 0.1) is 0 Å². The predicted molar refractivity (Wildman–Crippen MR) is 149 cm³/mol. The second-order valence-electron chi connectivity index (χ2n) is 10.9. The van der Waals surface area contributed by atoms with E-state index in [4.69, 9.17) is 0 Å². The Labute approximate surface area is 204 Å². The Kier molecular flexibility index (Phi) is 10.3. The van der Waals surface area contributed by atoms with Gasteiger partial charge in [0.15, 0.2) is 0 Å². The van der Waals surface area contributed by atoms with Crippen LogP contribution in [-0.4, -0.2) is 26.2 Å². The van der Waals surface area contributed by atoms with Gasteiger partial charge in [0.1, 0.15) is 0 Å². The lowest BCUT2D eigenvalue weighted by Crippen LogP contribution is -2.28. The van der Waals surface area contributed by atoms with Crippen LogP contribution in [0.4, 0.5) is 11.4 Å². The van der Waals surface area contributed by atoms with Gasteiger partial charge in [-0.3, -0.25) is 0 Å². The van der Waals surface area contributed by atoms with Gasteiger partial charge in [-0.25, -0.2) is 0 Å². The van der Waals surface area contributed by atoms with Crippen LogP contribution in [0.25, 0.3) is 0 Å². The zero-order valence-corrected chi connectivity index (χ0v) is 22.9. The normalized spacial score (nSPS) is 11.8. The molecule has 3 heteroatoms. The average molecular weight is 452 g/mol. The van der Waals surface area contributed by atoms with E-state index in [0.29, 0.717) is 23.7 Å². The molecular formula is C30H49N3. The predicted octanol–water partition coefficient (Wildman–Crippen LogP) is 7.91. The van der Waals surface area contributed by atoms with Crippen molar-refractivity contribution in [1.29, 1.82) is 0 Å². The van der Waals surface area contributed by atoms with Crippen molar-refractivity contribution in [2.24, 2.45) is 0 Å². The third kappa shape index (κ3) is 7.50. The van der Waals surface area contributed by atoms with Gasteiger partial charge in [0.2, 0.25) is 0 Å². The Hall–Kier alpha value is -2.00. The van der Waals surface area contributed by atoms with Crippen molar-refractivity contribution in [2.45, 2.75) is 92.9 Å². The minimum absolute atomic E-state index is 0.516. The molecule has 0 saturated carbocycles. The molecule has 0 atom stereocenters. The van der Waals surface area contributed by atoms with Gasteiger partial charge in [-0.2, -0.15) is 0 Å². The molecule has 0 radical (unpaired) electrons. The monoisotopic (exact) mass is 451 g/mol. The van der Waals surface area contributed by atoms with Crippen LogP contribution in [0.15, 0.2) is 24.3 Å². The topological polar surface area (TPSA) is 36.1 Å². The molecule has 0 fully saturated rings. The number of benzene rings is 2. The van der Waals surface area contributed by atoms with Crippen LogP contribution < -0.4 is 16.0 Å². The molecule has 2 rings (SSSR count). The number of rotatable bonds is 12. The highest BCUT2D eigenvalue weighted by molar-refractivity contribution is 5.62. The van der Waals surface area contributed by atoms with E-state index in [0.717, 1.165) is 26.2 Å². The van der Waals surface area contributed by atoms with Crippen LogP contribution in [-0.2, 0) is 0 Å². The molecule has 3 nitrogen and oxygen atoms in total. The lowest BCUT2D eigenvalue weighted by molar-refractivity contribution is 0.714. The molecule has 0 bridgehead atoms. The lowest BCUT2D eigenvalue weighted by Gasteiger charge is -2.23. The van der Waals surface area contributed by atoms with E-state index in [1.54, 1.807) is 0 Å². The van der Waals surface area contributed by atoms with Crippen molar-refractivity contribution in [3.05, 3.63) is 57.6 Å². The van der Waals surface area contributed by atoms with Gasteiger partial charge in [-0.1, -0.05) is 90.8 Å². The summed E-state index contributed by atoms with van der Waals surface area (Å²) in [6.07, 6.45) is 0. The summed E-state index contributed by atoms with van der Waals surface area (Å²) in [5, 5.41) is 11.1. The second kappa shape index (κ2) is 12.5. The van der Waals surface area contributed by atoms with Crippen LogP contribution in [0.3, 0.4) is 0 Å². The molecule has 33 heavy (non-hydrogen) atoms. The molecule has 0 aliphatic heterocycles. The quantitative estimate of drug-likeness (QED) is 0.287. The van der Waals surface area contributed by atoms with Crippen molar-refractivity contribution >= 4 is 11.4 Å². The first-order chi connectivity index (χ1) is 15.5. The molecule has 0 saturated heterocycles. The highest BCUT2D eigenvalue weighted by Gasteiger charge is 2.16. The maximum atomic E-state index is 3.75.